The van der Waals surface area contributed by atoms with Crippen LogP contribution in [0.25, 0.3) is 0 Å². The summed E-state index contributed by atoms with van der Waals surface area (Å²) in [6, 6.07) is 7.85. The van der Waals surface area contributed by atoms with Crippen LogP contribution in [0.4, 0.5) is 5.69 Å². The molecule has 19 heavy (non-hydrogen) atoms. The van der Waals surface area contributed by atoms with E-state index in [0.29, 0.717) is 6.04 Å². The fourth-order valence-electron chi connectivity index (χ4n) is 2.50. The predicted molar refractivity (Wildman–Crippen MR) is 86.9 cm³/mol. The van der Waals surface area contributed by atoms with Gasteiger partial charge < -0.3 is 10.2 Å². The van der Waals surface area contributed by atoms with Crippen molar-refractivity contribution < 1.29 is 0 Å². The van der Waals surface area contributed by atoms with Crippen LogP contribution in [0.15, 0.2) is 22.7 Å². The van der Waals surface area contributed by atoms with E-state index in [1.807, 2.05) is 7.05 Å². The van der Waals surface area contributed by atoms with E-state index in [-0.39, 0.29) is 0 Å². The second-order valence-electron chi connectivity index (χ2n) is 5.49. The van der Waals surface area contributed by atoms with Gasteiger partial charge in [0.2, 0.25) is 0 Å². The van der Waals surface area contributed by atoms with Crippen LogP contribution in [0.3, 0.4) is 0 Å². The molecule has 1 unspecified atom stereocenters. The van der Waals surface area contributed by atoms with E-state index in [1.54, 1.807) is 0 Å². The number of rotatable bonds is 7. The number of nitrogens with zero attached hydrogens (tertiary/aromatic N) is 1. The molecular formula is C16H25BrN2. The van der Waals surface area contributed by atoms with E-state index >= 15 is 0 Å². The zero-order valence-corrected chi connectivity index (χ0v) is 13.8. The van der Waals surface area contributed by atoms with Gasteiger partial charge >= 0.3 is 0 Å². The number of anilines is 1. The molecule has 3 heteroatoms. The van der Waals surface area contributed by atoms with Gasteiger partial charge in [-0.25, -0.2) is 0 Å². The van der Waals surface area contributed by atoms with Crippen LogP contribution >= 0.6 is 15.9 Å². The summed E-state index contributed by atoms with van der Waals surface area (Å²) in [6.45, 7) is 5.68. The molecule has 0 bridgehead atoms. The van der Waals surface area contributed by atoms with Crippen molar-refractivity contribution in [3.8, 4) is 0 Å². The van der Waals surface area contributed by atoms with Gasteiger partial charge in [0.1, 0.15) is 0 Å². The fraction of sp³-hybridized carbons (Fsp3) is 0.625. The normalized spacial score (nSPS) is 16.4. The predicted octanol–water partition coefficient (Wildman–Crippen LogP) is 4.50. The Morgan fingerprint density at radius 1 is 1.42 bits per heavy atom. The van der Waals surface area contributed by atoms with Gasteiger partial charge in [0, 0.05) is 28.8 Å². The third-order valence-electron chi connectivity index (χ3n) is 3.94. The fourth-order valence-corrected chi connectivity index (χ4v) is 2.85. The number of halogens is 1. The van der Waals surface area contributed by atoms with E-state index in [1.165, 1.54) is 48.0 Å². The van der Waals surface area contributed by atoms with Gasteiger partial charge in [-0.3, -0.25) is 0 Å². The molecule has 1 aliphatic rings. The number of unbranched alkanes of at least 4 members (excludes halogenated alkanes) is 1. The lowest BCUT2D eigenvalue weighted by atomic mass is 10.0. The van der Waals surface area contributed by atoms with Gasteiger partial charge in [0.05, 0.1) is 0 Å². The summed E-state index contributed by atoms with van der Waals surface area (Å²) < 4.78 is 1.18. The average Bonchev–Trinajstić information content (AvgIpc) is 3.23. The SMILES string of the molecule is CCCCN(c1cc(Br)ccc1C(C)NC)C1CC1. The highest BCUT2D eigenvalue weighted by atomic mass is 79.9. The van der Waals surface area contributed by atoms with E-state index in [9.17, 15) is 0 Å². The van der Waals surface area contributed by atoms with Gasteiger partial charge in [-0.2, -0.15) is 0 Å². The summed E-state index contributed by atoms with van der Waals surface area (Å²) in [7, 11) is 2.03. The minimum Gasteiger partial charge on any atom is -0.368 e. The quantitative estimate of drug-likeness (QED) is 0.794. The minimum absolute atomic E-state index is 0.394. The molecule has 0 aromatic heterocycles. The van der Waals surface area contributed by atoms with Crippen molar-refractivity contribution in [2.75, 3.05) is 18.5 Å². The summed E-state index contributed by atoms with van der Waals surface area (Å²) in [6.07, 6.45) is 5.23. The van der Waals surface area contributed by atoms with Gasteiger partial charge in [-0.1, -0.05) is 35.3 Å². The lowest BCUT2D eigenvalue weighted by Crippen LogP contribution is -2.29. The lowest BCUT2D eigenvalue weighted by molar-refractivity contribution is 0.641. The molecule has 1 N–H and O–H groups in total. The maximum absolute atomic E-state index is 3.63. The Balaban J connectivity index is 2.30. The summed E-state index contributed by atoms with van der Waals surface area (Å²) >= 11 is 3.63. The van der Waals surface area contributed by atoms with Gasteiger partial charge in [0.25, 0.3) is 0 Å². The molecular weight excluding hydrogens is 300 g/mol. The average molecular weight is 325 g/mol. The second kappa shape index (κ2) is 6.76. The summed E-state index contributed by atoms with van der Waals surface area (Å²) in [4.78, 5) is 2.62. The van der Waals surface area contributed by atoms with Crippen molar-refractivity contribution in [1.82, 2.24) is 5.32 Å². The molecule has 0 saturated heterocycles. The van der Waals surface area contributed by atoms with Crippen molar-refractivity contribution >= 4 is 21.6 Å². The third kappa shape index (κ3) is 3.73. The van der Waals surface area contributed by atoms with Crippen molar-refractivity contribution in [3.05, 3.63) is 28.2 Å². The van der Waals surface area contributed by atoms with Crippen LogP contribution in [-0.4, -0.2) is 19.6 Å². The largest absolute Gasteiger partial charge is 0.368 e. The molecule has 1 atom stereocenters. The van der Waals surface area contributed by atoms with Crippen molar-refractivity contribution in [3.63, 3.8) is 0 Å². The molecule has 0 aliphatic heterocycles. The summed E-state index contributed by atoms with van der Waals surface area (Å²) in [5.74, 6) is 0. The number of hydrogen-bond donors (Lipinski definition) is 1. The Hall–Kier alpha value is -0.540. The highest BCUT2D eigenvalue weighted by molar-refractivity contribution is 9.10. The number of nitrogens with one attached hydrogen (secondary N) is 1. The summed E-state index contributed by atoms with van der Waals surface area (Å²) in [5, 5.41) is 3.37. The first-order valence-corrected chi connectivity index (χ1v) is 8.20. The maximum Gasteiger partial charge on any atom is 0.0428 e. The highest BCUT2D eigenvalue weighted by Gasteiger charge is 2.30. The zero-order chi connectivity index (χ0) is 13.8. The summed E-state index contributed by atoms with van der Waals surface area (Å²) in [5.41, 5.74) is 2.82. The molecule has 2 rings (SSSR count). The van der Waals surface area contributed by atoms with Crippen LogP contribution in [0, 0.1) is 0 Å². The van der Waals surface area contributed by atoms with Crippen LogP contribution in [0.1, 0.15) is 51.1 Å². The first-order valence-electron chi connectivity index (χ1n) is 7.40. The van der Waals surface area contributed by atoms with E-state index < -0.39 is 0 Å². The van der Waals surface area contributed by atoms with Crippen molar-refractivity contribution in [2.24, 2.45) is 0 Å². The number of hydrogen-bond acceptors (Lipinski definition) is 2. The van der Waals surface area contributed by atoms with E-state index in [4.69, 9.17) is 0 Å². The highest BCUT2D eigenvalue weighted by Crippen LogP contribution is 2.37. The zero-order valence-electron chi connectivity index (χ0n) is 12.2. The first kappa shape index (κ1) is 14.9. The third-order valence-corrected chi connectivity index (χ3v) is 4.43. The topological polar surface area (TPSA) is 15.3 Å². The molecule has 2 nitrogen and oxygen atoms in total. The Kier molecular flexibility index (Phi) is 5.28. The molecule has 0 spiro atoms. The van der Waals surface area contributed by atoms with E-state index in [0.717, 1.165) is 6.04 Å². The van der Waals surface area contributed by atoms with Gasteiger partial charge in [-0.15, -0.1) is 0 Å². The maximum atomic E-state index is 3.63. The van der Waals surface area contributed by atoms with Crippen LogP contribution in [0.2, 0.25) is 0 Å². The lowest BCUT2D eigenvalue weighted by Gasteiger charge is -2.29. The smallest absolute Gasteiger partial charge is 0.0428 e. The Morgan fingerprint density at radius 3 is 2.74 bits per heavy atom. The Labute approximate surface area is 125 Å². The van der Waals surface area contributed by atoms with Gasteiger partial charge in [0.15, 0.2) is 0 Å². The molecule has 1 aliphatic carbocycles. The van der Waals surface area contributed by atoms with Gasteiger partial charge in [-0.05, 0) is 50.9 Å². The monoisotopic (exact) mass is 324 g/mol. The molecule has 0 amide bonds. The molecule has 0 radical (unpaired) electrons. The molecule has 1 aromatic rings. The molecule has 1 saturated carbocycles. The van der Waals surface area contributed by atoms with Crippen molar-refractivity contribution in [2.45, 2.75) is 51.6 Å². The molecule has 1 fully saturated rings. The van der Waals surface area contributed by atoms with Crippen LogP contribution < -0.4 is 10.2 Å². The second-order valence-corrected chi connectivity index (χ2v) is 6.41. The molecule has 1 aromatic carbocycles. The van der Waals surface area contributed by atoms with Crippen LogP contribution in [0.5, 0.6) is 0 Å². The number of benzene rings is 1. The van der Waals surface area contributed by atoms with Crippen molar-refractivity contribution in [1.29, 1.82) is 0 Å². The Morgan fingerprint density at radius 2 is 2.16 bits per heavy atom. The first-order chi connectivity index (χ1) is 9.17. The standard InChI is InChI=1S/C16H25BrN2/c1-4-5-10-19(14-7-8-14)16-11-13(17)6-9-15(16)12(2)18-3/h6,9,11-12,14,18H,4-5,7-8,10H2,1-3H3. The molecule has 0 heterocycles. The Bertz CT molecular complexity index is 415. The minimum atomic E-state index is 0.394. The van der Waals surface area contributed by atoms with E-state index in [2.05, 4.69) is 58.2 Å². The molecule has 106 valence electrons. The van der Waals surface area contributed by atoms with Crippen LogP contribution in [-0.2, 0) is 0 Å².